The van der Waals surface area contributed by atoms with E-state index in [1.54, 1.807) is 24.0 Å². The van der Waals surface area contributed by atoms with Crippen molar-refractivity contribution in [3.8, 4) is 11.4 Å². The lowest BCUT2D eigenvalue weighted by Gasteiger charge is -2.34. The first kappa shape index (κ1) is 22.2. The Hall–Kier alpha value is -3.63. The molecule has 2 aliphatic rings. The van der Waals surface area contributed by atoms with E-state index >= 15 is 0 Å². The average molecular weight is 472 g/mol. The molecule has 3 unspecified atom stereocenters. The van der Waals surface area contributed by atoms with Crippen molar-refractivity contribution in [3.63, 3.8) is 0 Å². The maximum absolute atomic E-state index is 14.5. The molecule has 1 saturated heterocycles. The monoisotopic (exact) mass is 472 g/mol. The minimum absolute atomic E-state index is 0.00797. The van der Waals surface area contributed by atoms with E-state index in [1.165, 1.54) is 18.3 Å². The van der Waals surface area contributed by atoms with Crippen LogP contribution in [-0.4, -0.2) is 49.4 Å². The van der Waals surface area contributed by atoms with Gasteiger partial charge in [-0.25, -0.2) is 14.4 Å². The van der Waals surface area contributed by atoms with Gasteiger partial charge >= 0.3 is 6.18 Å². The molecule has 2 bridgehead atoms. The normalized spacial score (nSPS) is 21.7. The van der Waals surface area contributed by atoms with Gasteiger partial charge in [-0.15, -0.1) is 0 Å². The van der Waals surface area contributed by atoms with Crippen molar-refractivity contribution in [2.75, 3.05) is 11.9 Å². The number of piperidine rings is 1. The number of pyridine rings is 2. The summed E-state index contributed by atoms with van der Waals surface area (Å²) in [6.45, 7) is 2.29. The summed E-state index contributed by atoms with van der Waals surface area (Å²) in [6.07, 6.45) is 0.125. The van der Waals surface area contributed by atoms with Crippen LogP contribution in [0.2, 0.25) is 0 Å². The third kappa shape index (κ3) is 4.06. The number of fused-ring (bicyclic) bond motifs is 2. The van der Waals surface area contributed by atoms with Crippen LogP contribution >= 0.6 is 0 Å². The molecule has 2 fully saturated rings. The van der Waals surface area contributed by atoms with Crippen molar-refractivity contribution in [2.45, 2.75) is 38.0 Å². The highest BCUT2D eigenvalue weighted by Crippen LogP contribution is 2.40. The smallest absolute Gasteiger partial charge is 0.364 e. The second-order valence-electron chi connectivity index (χ2n) is 8.58. The topological polar surface area (TPSA) is 83.9 Å². The summed E-state index contributed by atoms with van der Waals surface area (Å²) >= 11 is 0. The lowest BCUT2D eigenvalue weighted by atomic mass is 10.0. The van der Waals surface area contributed by atoms with E-state index in [0.717, 1.165) is 19.0 Å². The summed E-state index contributed by atoms with van der Waals surface area (Å²) < 4.78 is 52.7. The largest absolute Gasteiger partial charge is 0.434 e. The van der Waals surface area contributed by atoms with E-state index in [4.69, 9.17) is 0 Å². The molecule has 34 heavy (non-hydrogen) atoms. The van der Waals surface area contributed by atoms with Gasteiger partial charge in [0.15, 0.2) is 11.5 Å². The zero-order valence-corrected chi connectivity index (χ0v) is 18.1. The number of nitrogens with one attached hydrogen (secondary N) is 1. The maximum Gasteiger partial charge on any atom is 0.434 e. The molecule has 7 nitrogen and oxygen atoms in total. The van der Waals surface area contributed by atoms with E-state index in [0.29, 0.717) is 18.4 Å². The fourth-order valence-electron chi connectivity index (χ4n) is 4.78. The SMILES string of the molecule is Cc1ccc(C(=O)N2CC3CC(Nc4cnc(C(F)(F)F)cn4)C2C3)c(-c2ncccc2F)n1. The second kappa shape index (κ2) is 8.30. The highest BCUT2D eigenvalue weighted by molar-refractivity contribution is 6.00. The Bertz CT molecular complexity index is 1230. The van der Waals surface area contributed by atoms with Gasteiger partial charge in [0.2, 0.25) is 0 Å². The van der Waals surface area contributed by atoms with E-state index in [2.05, 4.69) is 25.3 Å². The summed E-state index contributed by atoms with van der Waals surface area (Å²) in [5, 5.41) is 3.13. The average Bonchev–Trinajstić information content (AvgIpc) is 3.39. The van der Waals surface area contributed by atoms with Crippen molar-refractivity contribution in [3.05, 3.63) is 65.6 Å². The van der Waals surface area contributed by atoms with Gasteiger partial charge in [-0.2, -0.15) is 13.2 Å². The molecule has 5 rings (SSSR count). The van der Waals surface area contributed by atoms with Crippen LogP contribution in [0.3, 0.4) is 0 Å². The number of anilines is 1. The lowest BCUT2D eigenvalue weighted by Crippen LogP contribution is -2.48. The third-order valence-electron chi connectivity index (χ3n) is 6.27. The van der Waals surface area contributed by atoms with Crippen LogP contribution < -0.4 is 5.32 Å². The first-order valence-electron chi connectivity index (χ1n) is 10.8. The number of aromatic nitrogens is 4. The molecule has 1 aliphatic carbocycles. The van der Waals surface area contributed by atoms with E-state index in [-0.39, 0.29) is 46.7 Å². The number of rotatable bonds is 4. The van der Waals surface area contributed by atoms with Crippen molar-refractivity contribution in [1.82, 2.24) is 24.8 Å². The molecule has 0 spiro atoms. The summed E-state index contributed by atoms with van der Waals surface area (Å²) in [5.74, 6) is -0.406. The second-order valence-corrected chi connectivity index (χ2v) is 8.58. The van der Waals surface area contributed by atoms with Gasteiger partial charge in [0, 0.05) is 24.5 Å². The van der Waals surface area contributed by atoms with Crippen LogP contribution in [0.1, 0.15) is 34.6 Å². The van der Waals surface area contributed by atoms with Crippen LogP contribution in [0, 0.1) is 18.7 Å². The highest BCUT2D eigenvalue weighted by atomic mass is 19.4. The van der Waals surface area contributed by atoms with Crippen molar-refractivity contribution < 1.29 is 22.4 Å². The molecule has 0 aromatic carbocycles. The molecule has 1 N–H and O–H groups in total. The van der Waals surface area contributed by atoms with Crippen LogP contribution in [-0.2, 0) is 6.18 Å². The van der Waals surface area contributed by atoms with Gasteiger partial charge in [-0.05, 0) is 49.9 Å². The fourth-order valence-corrected chi connectivity index (χ4v) is 4.78. The molecular formula is C23H20F4N6O. The Kier molecular flexibility index (Phi) is 5.41. The molecular weight excluding hydrogens is 452 g/mol. The zero-order chi connectivity index (χ0) is 24.0. The Morgan fingerprint density at radius 1 is 1.09 bits per heavy atom. The highest BCUT2D eigenvalue weighted by Gasteiger charge is 2.47. The molecule has 0 radical (unpaired) electrons. The van der Waals surface area contributed by atoms with E-state index in [9.17, 15) is 22.4 Å². The van der Waals surface area contributed by atoms with Crippen molar-refractivity contribution >= 4 is 11.7 Å². The Morgan fingerprint density at radius 2 is 1.91 bits per heavy atom. The number of amides is 1. The molecule has 4 heterocycles. The minimum Gasteiger partial charge on any atom is -0.364 e. The van der Waals surface area contributed by atoms with Gasteiger partial charge in [-0.3, -0.25) is 14.8 Å². The Balaban J connectivity index is 1.39. The van der Waals surface area contributed by atoms with Gasteiger partial charge in [0.05, 0.1) is 24.0 Å². The molecule has 176 valence electrons. The quantitative estimate of drug-likeness (QED) is 0.576. The summed E-state index contributed by atoms with van der Waals surface area (Å²) in [4.78, 5) is 31.0. The van der Waals surface area contributed by atoms with Gasteiger partial charge < -0.3 is 10.2 Å². The lowest BCUT2D eigenvalue weighted by molar-refractivity contribution is -0.141. The van der Waals surface area contributed by atoms with Crippen LogP contribution in [0.15, 0.2) is 42.9 Å². The number of hydrogen-bond donors (Lipinski definition) is 1. The standard InChI is InChI=1S/C23H20F4N6O/c1-12-4-5-14(20(31-12)21-15(24)3-2-6-28-21)22(34)33-11-13-7-16(17(33)8-13)32-19-10-29-18(9-30-19)23(25,26)27/h2-6,9-10,13,16-17H,7-8,11H2,1H3,(H,30,32). The third-order valence-corrected chi connectivity index (χ3v) is 6.27. The molecule has 3 aromatic rings. The predicted octanol–water partition coefficient (Wildman–Crippen LogP) is 4.12. The summed E-state index contributed by atoms with van der Waals surface area (Å²) in [7, 11) is 0. The number of nitrogens with zero attached hydrogens (tertiary/aromatic N) is 5. The van der Waals surface area contributed by atoms with Gasteiger partial charge in [0.1, 0.15) is 17.2 Å². The number of likely N-dealkylation sites (tertiary alicyclic amines) is 1. The Labute approximate surface area is 192 Å². The van der Waals surface area contributed by atoms with Crippen molar-refractivity contribution in [1.29, 1.82) is 0 Å². The fraction of sp³-hybridized carbons (Fsp3) is 0.348. The maximum atomic E-state index is 14.5. The molecule has 1 amide bonds. The van der Waals surface area contributed by atoms with Crippen LogP contribution in [0.4, 0.5) is 23.4 Å². The Morgan fingerprint density at radius 3 is 2.59 bits per heavy atom. The summed E-state index contributed by atoms with van der Waals surface area (Å²) in [6, 6.07) is 5.68. The van der Waals surface area contributed by atoms with Crippen molar-refractivity contribution in [2.24, 2.45) is 5.92 Å². The zero-order valence-electron chi connectivity index (χ0n) is 18.1. The number of carbonyl (C=O) groups is 1. The number of hydrogen-bond acceptors (Lipinski definition) is 6. The van der Waals surface area contributed by atoms with Crippen LogP contribution in [0.5, 0.6) is 0 Å². The summed E-state index contributed by atoms with van der Waals surface area (Å²) in [5.41, 5.74) is 0.00494. The first-order chi connectivity index (χ1) is 16.2. The number of aryl methyl sites for hydroxylation is 1. The molecule has 1 saturated carbocycles. The van der Waals surface area contributed by atoms with E-state index < -0.39 is 17.7 Å². The van der Waals surface area contributed by atoms with Gasteiger partial charge in [-0.1, -0.05) is 0 Å². The minimum atomic E-state index is -4.56. The van der Waals surface area contributed by atoms with Crippen LogP contribution in [0.25, 0.3) is 11.4 Å². The predicted molar refractivity (Wildman–Crippen MR) is 114 cm³/mol. The first-order valence-corrected chi connectivity index (χ1v) is 10.8. The molecule has 3 atom stereocenters. The molecule has 3 aromatic heterocycles. The molecule has 11 heteroatoms. The number of carbonyl (C=O) groups excluding carboxylic acids is 1. The van der Waals surface area contributed by atoms with E-state index in [1.807, 2.05) is 0 Å². The number of alkyl halides is 3. The molecule has 1 aliphatic heterocycles. The van der Waals surface area contributed by atoms with Gasteiger partial charge in [0.25, 0.3) is 5.91 Å². The number of halogens is 4.